The maximum atomic E-state index is 5.86. The number of alkyl halides is 1. The van der Waals surface area contributed by atoms with Crippen LogP contribution in [0.5, 0.6) is 0 Å². The first-order valence-corrected chi connectivity index (χ1v) is 5.39. The lowest BCUT2D eigenvalue weighted by Gasteiger charge is -2.09. The molecule has 0 saturated heterocycles. The number of hydrogen-bond acceptors (Lipinski definition) is 1. The molecule has 0 amide bonds. The summed E-state index contributed by atoms with van der Waals surface area (Å²) in [4.78, 5) is 0. The number of hydrogen-bond donors (Lipinski definition) is 1. The maximum absolute atomic E-state index is 5.86. The lowest BCUT2D eigenvalue weighted by atomic mass is 10.2. The molecule has 0 fully saturated rings. The van der Waals surface area contributed by atoms with E-state index in [2.05, 4.69) is 5.32 Å². The van der Waals surface area contributed by atoms with E-state index in [0.29, 0.717) is 5.88 Å². The first kappa shape index (κ1) is 10.1. The Morgan fingerprint density at radius 1 is 0.867 bits per heavy atom. The molecule has 2 heteroatoms. The van der Waals surface area contributed by atoms with Crippen LogP contribution in [0.25, 0.3) is 0 Å². The van der Waals surface area contributed by atoms with Gasteiger partial charge in [0.15, 0.2) is 0 Å². The van der Waals surface area contributed by atoms with Gasteiger partial charge in [0.25, 0.3) is 0 Å². The number of rotatable bonds is 3. The van der Waals surface area contributed by atoms with Gasteiger partial charge in [-0.3, -0.25) is 0 Å². The van der Waals surface area contributed by atoms with Crippen LogP contribution >= 0.6 is 11.6 Å². The summed E-state index contributed by atoms with van der Waals surface area (Å²) < 4.78 is 0. The molecule has 76 valence electrons. The Morgan fingerprint density at radius 3 is 2.27 bits per heavy atom. The topological polar surface area (TPSA) is 12.0 Å². The van der Waals surface area contributed by atoms with E-state index in [-0.39, 0.29) is 0 Å². The normalized spacial score (nSPS) is 9.93. The molecule has 0 saturated carbocycles. The van der Waals surface area contributed by atoms with E-state index in [1.54, 1.807) is 0 Å². The molecule has 0 radical (unpaired) electrons. The summed E-state index contributed by atoms with van der Waals surface area (Å²) in [5, 5.41) is 3.34. The van der Waals surface area contributed by atoms with Gasteiger partial charge in [0, 0.05) is 17.3 Å². The third kappa shape index (κ3) is 2.51. The van der Waals surface area contributed by atoms with E-state index >= 15 is 0 Å². The molecule has 2 aromatic carbocycles. The first-order chi connectivity index (χ1) is 7.40. The van der Waals surface area contributed by atoms with Crippen LogP contribution in [0, 0.1) is 0 Å². The molecule has 2 rings (SSSR count). The average Bonchev–Trinajstić information content (AvgIpc) is 2.31. The molecule has 0 atom stereocenters. The molecule has 0 unspecified atom stereocenters. The highest BCUT2D eigenvalue weighted by Gasteiger charge is 1.99. The van der Waals surface area contributed by atoms with Gasteiger partial charge < -0.3 is 5.32 Å². The Hall–Kier alpha value is -1.47. The molecule has 0 aliphatic rings. The molecule has 0 bridgehead atoms. The van der Waals surface area contributed by atoms with Crippen molar-refractivity contribution in [2.45, 2.75) is 5.88 Å². The third-order valence-corrected chi connectivity index (χ3v) is 2.50. The van der Waals surface area contributed by atoms with Crippen molar-refractivity contribution >= 4 is 23.0 Å². The van der Waals surface area contributed by atoms with Crippen molar-refractivity contribution in [3.05, 3.63) is 60.2 Å². The Balaban J connectivity index is 2.24. The highest BCUT2D eigenvalue weighted by atomic mass is 35.5. The minimum Gasteiger partial charge on any atom is -0.355 e. The van der Waals surface area contributed by atoms with Gasteiger partial charge in [-0.05, 0) is 23.8 Å². The lowest BCUT2D eigenvalue weighted by molar-refractivity contribution is 1.38. The second-order valence-corrected chi connectivity index (χ2v) is 3.55. The van der Waals surface area contributed by atoms with Gasteiger partial charge in [-0.2, -0.15) is 0 Å². The summed E-state index contributed by atoms with van der Waals surface area (Å²) in [6.45, 7) is 0. The van der Waals surface area contributed by atoms with Gasteiger partial charge in [-0.25, -0.2) is 0 Å². The summed E-state index contributed by atoms with van der Waals surface area (Å²) in [7, 11) is 0. The smallest absolute Gasteiger partial charge is 0.0494 e. The van der Waals surface area contributed by atoms with Gasteiger partial charge in [0.05, 0.1) is 0 Å². The molecule has 0 spiro atoms. The van der Waals surface area contributed by atoms with Crippen molar-refractivity contribution in [2.24, 2.45) is 0 Å². The summed E-state index contributed by atoms with van der Waals surface area (Å²) in [6, 6.07) is 18.1. The molecule has 1 nitrogen and oxygen atoms in total. The zero-order chi connectivity index (χ0) is 10.5. The fourth-order valence-electron chi connectivity index (χ4n) is 1.44. The standard InChI is InChI=1S/C13H12ClN/c14-10-11-6-4-5-9-13(11)15-12-7-2-1-3-8-12/h1-9,15H,10H2. The molecule has 2 aromatic rings. The third-order valence-electron chi connectivity index (χ3n) is 2.21. The van der Waals surface area contributed by atoms with Crippen LogP contribution in [0.2, 0.25) is 0 Å². The number of benzene rings is 2. The first-order valence-electron chi connectivity index (χ1n) is 4.86. The van der Waals surface area contributed by atoms with E-state index in [1.165, 1.54) is 0 Å². The van der Waals surface area contributed by atoms with Crippen LogP contribution in [0.4, 0.5) is 11.4 Å². The monoisotopic (exact) mass is 217 g/mol. The zero-order valence-corrected chi connectivity index (χ0v) is 9.04. The summed E-state index contributed by atoms with van der Waals surface area (Å²) in [5.41, 5.74) is 3.26. The van der Waals surface area contributed by atoms with Crippen molar-refractivity contribution in [3.8, 4) is 0 Å². The van der Waals surface area contributed by atoms with E-state index < -0.39 is 0 Å². The van der Waals surface area contributed by atoms with Crippen LogP contribution in [-0.2, 0) is 5.88 Å². The number of para-hydroxylation sites is 2. The number of halogens is 1. The predicted octanol–water partition coefficient (Wildman–Crippen LogP) is 4.17. The maximum Gasteiger partial charge on any atom is 0.0494 e. The Labute approximate surface area is 94.7 Å². The largest absolute Gasteiger partial charge is 0.355 e. The number of anilines is 2. The minimum atomic E-state index is 0.524. The van der Waals surface area contributed by atoms with Crippen molar-refractivity contribution in [3.63, 3.8) is 0 Å². The number of nitrogens with one attached hydrogen (secondary N) is 1. The van der Waals surface area contributed by atoms with Crippen molar-refractivity contribution in [1.82, 2.24) is 0 Å². The summed E-state index contributed by atoms with van der Waals surface area (Å²) >= 11 is 5.86. The fourth-order valence-corrected chi connectivity index (χ4v) is 1.67. The van der Waals surface area contributed by atoms with E-state index in [1.807, 2.05) is 54.6 Å². The molecule has 1 N–H and O–H groups in total. The fraction of sp³-hybridized carbons (Fsp3) is 0.0769. The van der Waals surface area contributed by atoms with Gasteiger partial charge in [-0.1, -0.05) is 36.4 Å². The Bertz CT molecular complexity index is 426. The molecular weight excluding hydrogens is 206 g/mol. The minimum absolute atomic E-state index is 0.524. The van der Waals surface area contributed by atoms with Crippen molar-refractivity contribution < 1.29 is 0 Å². The molecule has 15 heavy (non-hydrogen) atoms. The van der Waals surface area contributed by atoms with E-state index in [0.717, 1.165) is 16.9 Å². The molecule has 0 aliphatic carbocycles. The van der Waals surface area contributed by atoms with Gasteiger partial charge in [0.2, 0.25) is 0 Å². The molecule has 0 aliphatic heterocycles. The Morgan fingerprint density at radius 2 is 1.53 bits per heavy atom. The lowest BCUT2D eigenvalue weighted by Crippen LogP contribution is -1.93. The van der Waals surface area contributed by atoms with Crippen molar-refractivity contribution in [2.75, 3.05) is 5.32 Å². The van der Waals surface area contributed by atoms with Gasteiger partial charge >= 0.3 is 0 Å². The SMILES string of the molecule is ClCc1ccccc1Nc1ccccc1. The zero-order valence-electron chi connectivity index (χ0n) is 8.28. The van der Waals surface area contributed by atoms with E-state index in [4.69, 9.17) is 11.6 Å². The highest BCUT2D eigenvalue weighted by Crippen LogP contribution is 2.21. The van der Waals surface area contributed by atoms with Gasteiger partial charge in [0.1, 0.15) is 0 Å². The predicted molar refractivity (Wildman–Crippen MR) is 65.7 cm³/mol. The Kier molecular flexibility index (Phi) is 3.25. The van der Waals surface area contributed by atoms with Crippen LogP contribution in [0.3, 0.4) is 0 Å². The molecule has 0 heterocycles. The second-order valence-electron chi connectivity index (χ2n) is 3.28. The second kappa shape index (κ2) is 4.85. The van der Waals surface area contributed by atoms with Crippen LogP contribution < -0.4 is 5.32 Å². The molecular formula is C13H12ClN. The summed E-state index contributed by atoms with van der Waals surface area (Å²) in [5.74, 6) is 0.524. The van der Waals surface area contributed by atoms with Crippen molar-refractivity contribution in [1.29, 1.82) is 0 Å². The van der Waals surface area contributed by atoms with Crippen LogP contribution in [-0.4, -0.2) is 0 Å². The summed E-state index contributed by atoms with van der Waals surface area (Å²) in [6.07, 6.45) is 0. The quantitative estimate of drug-likeness (QED) is 0.761. The van der Waals surface area contributed by atoms with Crippen LogP contribution in [0.15, 0.2) is 54.6 Å². The van der Waals surface area contributed by atoms with Gasteiger partial charge in [-0.15, -0.1) is 11.6 Å². The molecule has 0 aromatic heterocycles. The average molecular weight is 218 g/mol. The van der Waals surface area contributed by atoms with Crippen LogP contribution in [0.1, 0.15) is 5.56 Å². The highest BCUT2D eigenvalue weighted by molar-refractivity contribution is 6.17. The van der Waals surface area contributed by atoms with E-state index in [9.17, 15) is 0 Å².